The predicted octanol–water partition coefficient (Wildman–Crippen LogP) is 0.180. The number of benzene rings is 2. The summed E-state index contributed by atoms with van der Waals surface area (Å²) in [7, 11) is 0. The molecule has 1 unspecified atom stereocenters. The number of esters is 2. The Morgan fingerprint density at radius 1 is 0.983 bits per heavy atom. The van der Waals surface area contributed by atoms with Gasteiger partial charge in [0.1, 0.15) is 52.9 Å². The number of carboxylic acids is 3. The molecule has 2 aliphatic heterocycles. The lowest BCUT2D eigenvalue weighted by atomic mass is 10.0. The van der Waals surface area contributed by atoms with Gasteiger partial charge >= 0.3 is 29.8 Å². The highest BCUT2D eigenvalue weighted by molar-refractivity contribution is 8.01. The third kappa shape index (κ3) is 9.20. The molecule has 23 nitrogen and oxygen atoms in total. The highest BCUT2D eigenvalue weighted by atomic mass is 32.2. The molecule has 5 N–H and O–H groups in total. The average Bonchev–Trinajstić information content (AvgIpc) is 3.63. The van der Waals surface area contributed by atoms with Crippen LogP contribution in [-0.4, -0.2) is 118 Å². The fourth-order valence-electron chi connectivity index (χ4n) is 5.88. The molecule has 0 bridgehead atoms. The van der Waals surface area contributed by atoms with Crippen LogP contribution in [0.1, 0.15) is 35.8 Å². The molecule has 60 heavy (non-hydrogen) atoms. The minimum atomic E-state index is -1.64. The van der Waals surface area contributed by atoms with Gasteiger partial charge in [-0.3, -0.25) is 38.5 Å². The fourth-order valence-corrected chi connectivity index (χ4v) is 8.25. The van der Waals surface area contributed by atoms with E-state index >= 15 is 0 Å². The molecule has 1 saturated heterocycles. The minimum Gasteiger partial charge on any atom is -0.482 e. The summed E-state index contributed by atoms with van der Waals surface area (Å²) in [6, 6.07) is 4.45. The smallest absolute Gasteiger partial charge is 0.352 e. The van der Waals surface area contributed by atoms with E-state index in [4.69, 9.17) is 28.8 Å². The summed E-state index contributed by atoms with van der Waals surface area (Å²) in [5, 5.41) is 42.9. The van der Waals surface area contributed by atoms with Crippen LogP contribution in [0, 0.1) is 0 Å². The van der Waals surface area contributed by atoms with E-state index in [-0.39, 0.29) is 56.1 Å². The van der Waals surface area contributed by atoms with Gasteiger partial charge in [-0.2, -0.15) is 0 Å². The number of aromatic nitrogens is 4. The number of carboxylic acid groups (broad SMARTS) is 3. The first-order valence-corrected chi connectivity index (χ1v) is 19.1. The van der Waals surface area contributed by atoms with Gasteiger partial charge in [-0.1, -0.05) is 23.9 Å². The molecule has 0 spiro atoms. The molecule has 3 amide bonds. The second-order valence-corrected chi connectivity index (χ2v) is 14.6. The maximum Gasteiger partial charge on any atom is 0.352 e. The molecule has 2 aromatic carbocycles. The highest BCUT2D eigenvalue weighted by Gasteiger charge is 2.54. The quantitative estimate of drug-likeness (QED) is 0.0434. The summed E-state index contributed by atoms with van der Waals surface area (Å²) in [5.74, 6) is -8.87. The number of tetrazole rings is 1. The van der Waals surface area contributed by atoms with Crippen LogP contribution in [0.5, 0.6) is 17.2 Å². The van der Waals surface area contributed by atoms with Gasteiger partial charge in [0, 0.05) is 31.4 Å². The van der Waals surface area contributed by atoms with Crippen molar-refractivity contribution in [3.05, 3.63) is 75.3 Å². The number of carbonyl (C=O) groups is 8. The molecule has 2 aliphatic rings. The van der Waals surface area contributed by atoms with E-state index in [2.05, 4.69) is 26.2 Å². The number of carbonyl (C=O) groups excluding carboxylic acids is 5. The molecule has 0 radical (unpaired) electrons. The number of nitrogens with one attached hydrogen (secondary N) is 2. The van der Waals surface area contributed by atoms with E-state index in [1.54, 1.807) is 0 Å². The van der Waals surface area contributed by atoms with Crippen molar-refractivity contribution < 1.29 is 72.3 Å². The molecule has 312 valence electrons. The number of rotatable bonds is 16. The lowest BCUT2D eigenvalue weighted by molar-refractivity contribution is -0.151. The van der Waals surface area contributed by atoms with Gasteiger partial charge in [-0.25, -0.2) is 14.3 Å². The zero-order chi connectivity index (χ0) is 43.4. The third-order valence-corrected chi connectivity index (χ3v) is 10.8. The number of nitrogens with zero attached hydrogens (tertiary/aromatic N) is 5. The lowest BCUT2D eigenvalue weighted by Crippen LogP contribution is -2.71. The third-order valence-electron chi connectivity index (χ3n) is 8.41. The van der Waals surface area contributed by atoms with Crippen LogP contribution in [0.2, 0.25) is 0 Å². The predicted molar refractivity (Wildman–Crippen MR) is 201 cm³/mol. The Hall–Kier alpha value is -7.28. The van der Waals surface area contributed by atoms with Gasteiger partial charge in [0.05, 0.1) is 5.39 Å². The van der Waals surface area contributed by atoms with Gasteiger partial charge < -0.3 is 44.6 Å². The standard InChI is InChI=1S/C35H29N7O16S2/c1-14(43)57-22-7-19-21(8-23(22)58-15(2)44)56-10-20(29(19)49)30(50)36-26(16-3-5-18(6-4-16)55-11-25(47)48)31(51)37-27-32(52)42-28(34(53)54)17(12-59-33(27)42)13-60-35-38-39-40-41(35)9-24(45)46/h3-8,10,26-27,33H,9,11-13H2,1-2H3,(H,36,50)(H,37,51)(H,45,46)(H,47,48)(H,53,54)/t26?,27-,33+/m1/s1. The molecule has 3 atom stereocenters. The minimum absolute atomic E-state index is 0.0242. The van der Waals surface area contributed by atoms with Gasteiger partial charge in [0.25, 0.3) is 11.8 Å². The molecule has 4 aromatic rings. The first kappa shape index (κ1) is 42.3. The first-order chi connectivity index (χ1) is 28.5. The number of aliphatic carboxylic acids is 3. The van der Waals surface area contributed by atoms with Gasteiger partial charge in [-0.15, -0.1) is 16.9 Å². The highest BCUT2D eigenvalue weighted by Crippen LogP contribution is 2.42. The first-order valence-electron chi connectivity index (χ1n) is 17.0. The summed E-state index contributed by atoms with van der Waals surface area (Å²) in [4.78, 5) is 114. The van der Waals surface area contributed by atoms with Crippen LogP contribution in [-0.2, 0) is 40.1 Å². The van der Waals surface area contributed by atoms with Crippen molar-refractivity contribution >= 4 is 82.1 Å². The molecule has 6 rings (SSSR count). The molecule has 0 aliphatic carbocycles. The zero-order valence-electron chi connectivity index (χ0n) is 30.8. The molecule has 0 saturated carbocycles. The maximum atomic E-state index is 14.0. The molecule has 2 aromatic heterocycles. The summed E-state index contributed by atoms with van der Waals surface area (Å²) >= 11 is 2.08. The Morgan fingerprint density at radius 2 is 1.67 bits per heavy atom. The number of fused-ring (bicyclic) bond motifs is 2. The number of hydrogen-bond donors (Lipinski definition) is 5. The van der Waals surface area contributed by atoms with Crippen molar-refractivity contribution in [1.29, 1.82) is 0 Å². The fraction of sp³-hybridized carbons (Fsp3) is 0.257. The Labute approximate surface area is 343 Å². The molecule has 4 heterocycles. The van der Waals surface area contributed by atoms with E-state index in [1.165, 1.54) is 24.3 Å². The second kappa shape index (κ2) is 17.7. The van der Waals surface area contributed by atoms with Crippen molar-refractivity contribution in [1.82, 2.24) is 35.7 Å². The van der Waals surface area contributed by atoms with Crippen molar-refractivity contribution in [2.75, 3.05) is 18.1 Å². The topological polar surface area (TPSA) is 326 Å². The average molecular weight is 868 g/mol. The van der Waals surface area contributed by atoms with Crippen LogP contribution in [0.15, 0.2) is 68.3 Å². The van der Waals surface area contributed by atoms with E-state index in [0.29, 0.717) is 5.57 Å². The Morgan fingerprint density at radius 3 is 2.30 bits per heavy atom. The molecule has 1 fully saturated rings. The van der Waals surface area contributed by atoms with E-state index in [9.17, 15) is 48.3 Å². The van der Waals surface area contributed by atoms with Crippen molar-refractivity contribution in [2.24, 2.45) is 0 Å². The van der Waals surface area contributed by atoms with Gasteiger partial charge in [0.2, 0.25) is 16.5 Å². The van der Waals surface area contributed by atoms with E-state index in [1.807, 2.05) is 0 Å². The van der Waals surface area contributed by atoms with Crippen molar-refractivity contribution in [3.63, 3.8) is 0 Å². The van der Waals surface area contributed by atoms with Crippen LogP contribution >= 0.6 is 23.5 Å². The van der Waals surface area contributed by atoms with Crippen molar-refractivity contribution in [2.45, 2.75) is 43.0 Å². The normalized spacial score (nSPS) is 16.2. The van der Waals surface area contributed by atoms with E-state index < -0.39 is 89.2 Å². The summed E-state index contributed by atoms with van der Waals surface area (Å²) in [6.45, 7) is 0.923. The largest absolute Gasteiger partial charge is 0.482 e. The number of thioether (sulfide) groups is 2. The summed E-state index contributed by atoms with van der Waals surface area (Å²) in [5.41, 5.74) is -1.71. The monoisotopic (exact) mass is 867 g/mol. The number of β-lactam (4-membered cyclic amide) rings is 1. The van der Waals surface area contributed by atoms with Crippen LogP contribution in [0.3, 0.4) is 0 Å². The van der Waals surface area contributed by atoms with Gasteiger partial charge in [-0.05, 0) is 39.8 Å². The molecular formula is C35H29N7O16S2. The summed E-state index contributed by atoms with van der Waals surface area (Å²) < 4.78 is 21.8. The van der Waals surface area contributed by atoms with Gasteiger partial charge in [0.15, 0.2) is 18.1 Å². The zero-order valence-corrected chi connectivity index (χ0v) is 32.4. The van der Waals surface area contributed by atoms with E-state index in [0.717, 1.165) is 65.3 Å². The number of ether oxygens (including phenoxy) is 3. The van der Waals surface area contributed by atoms with Crippen LogP contribution in [0.4, 0.5) is 0 Å². The Kier molecular flexibility index (Phi) is 12.5. The molecular weight excluding hydrogens is 839 g/mol. The second-order valence-electron chi connectivity index (χ2n) is 12.6. The maximum absolute atomic E-state index is 14.0. The van der Waals surface area contributed by atoms with Crippen LogP contribution in [0.25, 0.3) is 11.0 Å². The Bertz CT molecular complexity index is 2560. The number of amides is 3. The molecule has 25 heteroatoms. The SMILES string of the molecule is CC(=O)Oc1cc2occ(C(=O)NC(C(=O)N[C@@H]3C(=O)N4C(C(=O)O)=C(CSc5nnnn5CC(=O)O)CS[C@@H]34)c3ccc(OCC(=O)O)cc3)c(=O)c2cc1OC(C)=O. The Balaban J connectivity index is 1.25. The number of hydrogen-bond acceptors (Lipinski definition) is 18. The summed E-state index contributed by atoms with van der Waals surface area (Å²) in [6.07, 6.45) is 0.787. The van der Waals surface area contributed by atoms with Crippen molar-refractivity contribution in [3.8, 4) is 17.2 Å². The van der Waals surface area contributed by atoms with Crippen LogP contribution < -0.4 is 30.3 Å². The lowest BCUT2D eigenvalue weighted by Gasteiger charge is -2.49.